The smallest absolute Gasteiger partial charge is 0.282 e. The maximum atomic E-state index is 13.1. The monoisotopic (exact) mass is 404 g/mol. The Morgan fingerprint density at radius 3 is 2.72 bits per heavy atom. The Kier molecular flexibility index (Phi) is 5.16. The Hall–Kier alpha value is -3.04. The molecule has 1 amide bonds. The Labute approximate surface area is 166 Å². The molecule has 3 aromatic rings. The Bertz CT molecular complexity index is 1020. The lowest BCUT2D eigenvalue weighted by Gasteiger charge is -2.31. The Morgan fingerprint density at radius 1 is 1.24 bits per heavy atom. The molecule has 0 spiro atoms. The number of aromatic nitrogens is 5. The first-order valence-electron chi connectivity index (χ1n) is 9.47. The van der Waals surface area contributed by atoms with Crippen molar-refractivity contribution in [2.45, 2.75) is 26.2 Å². The van der Waals surface area contributed by atoms with Crippen LogP contribution in [-0.2, 0) is 7.05 Å². The van der Waals surface area contributed by atoms with Crippen molar-refractivity contribution in [3.8, 4) is 5.88 Å². The number of hydrogen-bond acceptors (Lipinski definition) is 5. The van der Waals surface area contributed by atoms with Gasteiger partial charge in [-0.25, -0.2) is 18.3 Å². The molecule has 10 heteroatoms. The summed E-state index contributed by atoms with van der Waals surface area (Å²) in [6.45, 7) is 3.39. The number of ether oxygens (including phenoxy) is 1. The third-order valence-corrected chi connectivity index (χ3v) is 5.08. The summed E-state index contributed by atoms with van der Waals surface area (Å²) in [4.78, 5) is 18.6. The second-order valence-corrected chi connectivity index (χ2v) is 7.31. The molecule has 0 radical (unpaired) electrons. The van der Waals surface area contributed by atoms with E-state index >= 15 is 0 Å². The SMILES string of the molecule is Cc1cn2nc(OCC3CCN(C(=O)c4cn(C)nc4C(F)F)CC3)ccc2n1. The second kappa shape index (κ2) is 7.76. The van der Waals surface area contributed by atoms with Crippen molar-refractivity contribution in [1.82, 2.24) is 29.3 Å². The van der Waals surface area contributed by atoms with Crippen LogP contribution >= 0.6 is 0 Å². The van der Waals surface area contributed by atoms with Crippen LogP contribution in [0.2, 0.25) is 0 Å². The van der Waals surface area contributed by atoms with Crippen molar-refractivity contribution in [2.75, 3.05) is 19.7 Å². The minimum absolute atomic E-state index is 0.0228. The molecule has 29 heavy (non-hydrogen) atoms. The predicted octanol–water partition coefficient (Wildman–Crippen LogP) is 2.64. The molecule has 0 unspecified atom stereocenters. The number of amides is 1. The van der Waals surface area contributed by atoms with Gasteiger partial charge in [0.15, 0.2) is 5.65 Å². The minimum atomic E-state index is -2.77. The van der Waals surface area contributed by atoms with E-state index < -0.39 is 18.0 Å². The highest BCUT2D eigenvalue weighted by molar-refractivity contribution is 5.95. The van der Waals surface area contributed by atoms with E-state index in [1.807, 2.05) is 19.2 Å². The van der Waals surface area contributed by atoms with E-state index in [2.05, 4.69) is 15.2 Å². The molecule has 0 aliphatic carbocycles. The number of rotatable bonds is 5. The summed E-state index contributed by atoms with van der Waals surface area (Å²) in [7, 11) is 1.53. The summed E-state index contributed by atoms with van der Waals surface area (Å²) >= 11 is 0. The molecule has 0 bridgehead atoms. The van der Waals surface area contributed by atoms with Crippen LogP contribution in [0.5, 0.6) is 5.88 Å². The van der Waals surface area contributed by atoms with E-state index in [4.69, 9.17) is 4.74 Å². The van der Waals surface area contributed by atoms with Gasteiger partial charge in [-0.2, -0.15) is 5.10 Å². The number of imidazole rings is 1. The minimum Gasteiger partial charge on any atom is -0.476 e. The molecule has 8 nitrogen and oxygen atoms in total. The standard InChI is InChI=1S/C19H22F2N6O2/c1-12-9-27-15(22-12)3-4-16(23-27)29-11-13-5-7-26(8-6-13)19(28)14-10-25(2)24-17(14)18(20)21/h3-4,9-10,13,18H,5-8,11H2,1-2H3. The van der Waals surface area contributed by atoms with Crippen molar-refractivity contribution in [3.05, 3.63) is 41.5 Å². The summed E-state index contributed by atoms with van der Waals surface area (Å²) in [5.41, 5.74) is 1.17. The zero-order valence-electron chi connectivity index (χ0n) is 16.3. The molecule has 1 fully saturated rings. The van der Waals surface area contributed by atoms with Gasteiger partial charge in [-0.1, -0.05) is 0 Å². The molecule has 1 aliphatic rings. The van der Waals surface area contributed by atoms with Crippen LogP contribution in [0.25, 0.3) is 5.65 Å². The molecule has 4 heterocycles. The van der Waals surface area contributed by atoms with Gasteiger partial charge in [-0.05, 0) is 31.7 Å². The lowest BCUT2D eigenvalue weighted by molar-refractivity contribution is 0.0648. The lowest BCUT2D eigenvalue weighted by atomic mass is 9.97. The highest BCUT2D eigenvalue weighted by atomic mass is 19.3. The van der Waals surface area contributed by atoms with Gasteiger partial charge in [-0.3, -0.25) is 9.48 Å². The first kappa shape index (κ1) is 19.3. The normalized spacial score (nSPS) is 15.4. The number of likely N-dealkylation sites (tertiary alicyclic amines) is 1. The van der Waals surface area contributed by atoms with Crippen molar-refractivity contribution < 1.29 is 18.3 Å². The zero-order valence-corrected chi connectivity index (χ0v) is 16.3. The van der Waals surface area contributed by atoms with Crippen molar-refractivity contribution in [3.63, 3.8) is 0 Å². The van der Waals surface area contributed by atoms with E-state index in [-0.39, 0.29) is 11.5 Å². The zero-order chi connectivity index (χ0) is 20.5. The number of nitrogens with zero attached hydrogens (tertiary/aromatic N) is 6. The summed E-state index contributed by atoms with van der Waals surface area (Å²) in [6.07, 6.45) is 1.90. The Balaban J connectivity index is 1.32. The largest absolute Gasteiger partial charge is 0.476 e. The van der Waals surface area contributed by atoms with Crippen LogP contribution in [0.15, 0.2) is 24.5 Å². The van der Waals surface area contributed by atoms with Gasteiger partial charge in [0.05, 0.1) is 24.1 Å². The van der Waals surface area contributed by atoms with Crippen LogP contribution < -0.4 is 4.74 Å². The number of halogens is 2. The summed E-state index contributed by atoms with van der Waals surface area (Å²) < 4.78 is 35.0. The average Bonchev–Trinajstić information content (AvgIpc) is 3.27. The fourth-order valence-corrected chi connectivity index (χ4v) is 3.57. The molecule has 0 N–H and O–H groups in total. The van der Waals surface area contributed by atoms with Crippen molar-refractivity contribution in [1.29, 1.82) is 0 Å². The summed E-state index contributed by atoms with van der Waals surface area (Å²) in [5.74, 6) is 0.394. The van der Waals surface area contributed by atoms with E-state index in [0.29, 0.717) is 25.6 Å². The topological polar surface area (TPSA) is 77.5 Å². The number of fused-ring (bicyclic) bond motifs is 1. The fourth-order valence-electron chi connectivity index (χ4n) is 3.57. The van der Waals surface area contributed by atoms with E-state index in [9.17, 15) is 13.6 Å². The summed E-state index contributed by atoms with van der Waals surface area (Å²) in [5, 5.41) is 8.09. The lowest BCUT2D eigenvalue weighted by Crippen LogP contribution is -2.40. The fraction of sp³-hybridized carbons (Fsp3) is 0.474. The number of piperidine rings is 1. The molecule has 0 atom stereocenters. The third kappa shape index (κ3) is 4.06. The van der Waals surface area contributed by atoms with Gasteiger partial charge < -0.3 is 9.64 Å². The van der Waals surface area contributed by atoms with Crippen LogP contribution in [-0.4, -0.2) is 54.9 Å². The number of aryl methyl sites for hydroxylation is 2. The first-order chi connectivity index (χ1) is 13.9. The molecule has 0 aromatic carbocycles. The number of alkyl halides is 2. The van der Waals surface area contributed by atoms with E-state index in [1.165, 1.54) is 17.9 Å². The summed E-state index contributed by atoms with van der Waals surface area (Å²) in [6, 6.07) is 3.64. The van der Waals surface area contributed by atoms with Gasteiger partial charge in [0.2, 0.25) is 5.88 Å². The van der Waals surface area contributed by atoms with Gasteiger partial charge >= 0.3 is 0 Å². The average molecular weight is 404 g/mol. The van der Waals surface area contributed by atoms with Crippen molar-refractivity contribution in [2.24, 2.45) is 13.0 Å². The van der Waals surface area contributed by atoms with Crippen LogP contribution in [0.1, 0.15) is 41.0 Å². The predicted molar refractivity (Wildman–Crippen MR) is 100 cm³/mol. The van der Waals surface area contributed by atoms with Crippen LogP contribution in [0, 0.1) is 12.8 Å². The molecule has 154 valence electrons. The van der Waals surface area contributed by atoms with Crippen molar-refractivity contribution >= 4 is 11.6 Å². The molecule has 3 aromatic heterocycles. The van der Waals surface area contributed by atoms with Gasteiger partial charge in [0.1, 0.15) is 5.69 Å². The van der Waals surface area contributed by atoms with E-state index in [1.54, 1.807) is 15.5 Å². The third-order valence-electron chi connectivity index (χ3n) is 5.08. The quantitative estimate of drug-likeness (QED) is 0.653. The molecule has 0 saturated carbocycles. The Morgan fingerprint density at radius 2 is 2.00 bits per heavy atom. The highest BCUT2D eigenvalue weighted by Gasteiger charge is 2.29. The number of carbonyl (C=O) groups excluding carboxylic acids is 1. The van der Waals surface area contributed by atoms with E-state index in [0.717, 1.165) is 24.2 Å². The van der Waals surface area contributed by atoms with Gasteiger partial charge in [-0.15, -0.1) is 5.10 Å². The van der Waals surface area contributed by atoms with Gasteiger partial charge in [0, 0.05) is 32.4 Å². The molecule has 4 rings (SSSR count). The first-order valence-corrected chi connectivity index (χ1v) is 9.47. The molecular formula is C19H22F2N6O2. The molecule has 1 aliphatic heterocycles. The van der Waals surface area contributed by atoms with Gasteiger partial charge in [0.25, 0.3) is 12.3 Å². The van der Waals surface area contributed by atoms with Crippen LogP contribution in [0.3, 0.4) is 0 Å². The maximum absolute atomic E-state index is 13.1. The second-order valence-electron chi connectivity index (χ2n) is 7.31. The number of hydrogen-bond donors (Lipinski definition) is 0. The maximum Gasteiger partial charge on any atom is 0.282 e. The highest BCUT2D eigenvalue weighted by Crippen LogP contribution is 2.25. The molecular weight excluding hydrogens is 382 g/mol. The molecule has 1 saturated heterocycles. The number of carbonyl (C=O) groups is 1. The van der Waals surface area contributed by atoms with Crippen LogP contribution in [0.4, 0.5) is 8.78 Å².